The van der Waals surface area contributed by atoms with Crippen LogP contribution in [0.2, 0.25) is 0 Å². The molecule has 1 aromatic heterocycles. The summed E-state index contributed by atoms with van der Waals surface area (Å²) in [5, 5.41) is 7.91. The molecular weight excluding hydrogens is 296 g/mol. The zero-order valence-corrected chi connectivity index (χ0v) is 13.1. The Balaban J connectivity index is 1.52. The van der Waals surface area contributed by atoms with Gasteiger partial charge in [0.25, 0.3) is 5.91 Å². The second kappa shape index (κ2) is 6.76. The van der Waals surface area contributed by atoms with Gasteiger partial charge < -0.3 is 9.64 Å². The van der Waals surface area contributed by atoms with E-state index in [0.29, 0.717) is 5.92 Å². The molecule has 1 aliphatic heterocycles. The van der Waals surface area contributed by atoms with E-state index in [1.807, 2.05) is 24.3 Å². The molecule has 7 nitrogen and oxygen atoms in total. The molecule has 0 N–H and O–H groups in total. The van der Waals surface area contributed by atoms with Crippen molar-refractivity contribution >= 4 is 22.9 Å². The lowest BCUT2D eigenvalue weighted by atomic mass is 10.0. The monoisotopic (exact) mass is 316 g/mol. The predicted molar refractivity (Wildman–Crippen MR) is 83.5 cm³/mol. The van der Waals surface area contributed by atoms with Crippen LogP contribution < -0.4 is 0 Å². The van der Waals surface area contributed by atoms with Gasteiger partial charge in [0.2, 0.25) is 0 Å². The van der Waals surface area contributed by atoms with Gasteiger partial charge in [0.15, 0.2) is 6.61 Å². The molecule has 0 bridgehead atoms. The quantitative estimate of drug-likeness (QED) is 0.793. The van der Waals surface area contributed by atoms with Gasteiger partial charge in [-0.05, 0) is 30.9 Å². The summed E-state index contributed by atoms with van der Waals surface area (Å²) in [4.78, 5) is 25.8. The van der Waals surface area contributed by atoms with Crippen molar-refractivity contribution in [2.45, 2.75) is 26.3 Å². The standard InChI is InChI=1S/C16H20N4O3/c1-12-5-4-8-19(9-12)15(21)11-23-16(22)10-20-14-7-3-2-6-13(14)17-18-20/h2-3,6-7,12H,4-5,8-11H2,1H3. The van der Waals surface area contributed by atoms with Crippen LogP contribution in [0.3, 0.4) is 0 Å². The van der Waals surface area contributed by atoms with Crippen LogP contribution in [0.25, 0.3) is 11.0 Å². The maximum absolute atomic E-state index is 12.1. The van der Waals surface area contributed by atoms with Crippen molar-refractivity contribution in [1.29, 1.82) is 0 Å². The summed E-state index contributed by atoms with van der Waals surface area (Å²) in [5.74, 6) is -0.114. The fraction of sp³-hybridized carbons (Fsp3) is 0.500. The summed E-state index contributed by atoms with van der Waals surface area (Å²) in [7, 11) is 0. The smallest absolute Gasteiger partial charge is 0.328 e. The summed E-state index contributed by atoms with van der Waals surface area (Å²) >= 11 is 0. The van der Waals surface area contributed by atoms with E-state index in [1.165, 1.54) is 4.68 Å². The third kappa shape index (κ3) is 3.67. The summed E-state index contributed by atoms with van der Waals surface area (Å²) in [6, 6.07) is 7.38. The van der Waals surface area contributed by atoms with Crippen LogP contribution in [0.5, 0.6) is 0 Å². The molecule has 0 saturated carbocycles. The minimum atomic E-state index is -0.487. The minimum absolute atomic E-state index is 0.0514. The third-order valence-electron chi connectivity index (χ3n) is 4.07. The van der Waals surface area contributed by atoms with E-state index in [0.717, 1.165) is 37.0 Å². The number of carbonyl (C=O) groups excluding carboxylic acids is 2. The first-order valence-electron chi connectivity index (χ1n) is 7.85. The highest BCUT2D eigenvalue weighted by Gasteiger charge is 2.22. The maximum atomic E-state index is 12.1. The summed E-state index contributed by atoms with van der Waals surface area (Å²) in [6.45, 7) is 3.35. The number of rotatable bonds is 4. The van der Waals surface area contributed by atoms with Crippen molar-refractivity contribution in [2.24, 2.45) is 5.92 Å². The Kier molecular flexibility index (Phi) is 4.55. The van der Waals surface area contributed by atoms with E-state index in [1.54, 1.807) is 4.90 Å². The molecule has 2 heterocycles. The number of benzene rings is 1. The fourth-order valence-electron chi connectivity index (χ4n) is 2.85. The van der Waals surface area contributed by atoms with Crippen LogP contribution in [0.4, 0.5) is 0 Å². The molecule has 1 unspecified atom stereocenters. The molecule has 2 aromatic rings. The number of likely N-dealkylation sites (tertiary alicyclic amines) is 1. The van der Waals surface area contributed by atoms with Crippen LogP contribution >= 0.6 is 0 Å². The first kappa shape index (κ1) is 15.5. The Morgan fingerprint density at radius 1 is 1.35 bits per heavy atom. The number of hydrogen-bond acceptors (Lipinski definition) is 5. The number of aromatic nitrogens is 3. The summed E-state index contributed by atoms with van der Waals surface area (Å²) in [6.07, 6.45) is 2.15. The predicted octanol–water partition coefficient (Wildman–Crippen LogP) is 1.23. The lowest BCUT2D eigenvalue weighted by Crippen LogP contribution is -2.41. The van der Waals surface area contributed by atoms with Gasteiger partial charge in [-0.3, -0.25) is 9.59 Å². The van der Waals surface area contributed by atoms with Gasteiger partial charge in [-0.25, -0.2) is 4.68 Å². The van der Waals surface area contributed by atoms with Crippen molar-refractivity contribution in [3.63, 3.8) is 0 Å². The van der Waals surface area contributed by atoms with Crippen LogP contribution in [0.1, 0.15) is 19.8 Å². The van der Waals surface area contributed by atoms with Crippen molar-refractivity contribution in [3.05, 3.63) is 24.3 Å². The van der Waals surface area contributed by atoms with Crippen LogP contribution in [0.15, 0.2) is 24.3 Å². The van der Waals surface area contributed by atoms with Crippen LogP contribution in [-0.4, -0.2) is 51.5 Å². The van der Waals surface area contributed by atoms with E-state index in [-0.39, 0.29) is 19.1 Å². The number of piperidine rings is 1. The maximum Gasteiger partial charge on any atom is 0.328 e. The number of nitrogens with zero attached hydrogens (tertiary/aromatic N) is 4. The van der Waals surface area contributed by atoms with Gasteiger partial charge in [-0.1, -0.05) is 24.3 Å². The zero-order chi connectivity index (χ0) is 16.2. The number of para-hydroxylation sites is 1. The average molecular weight is 316 g/mol. The Labute approximate surface area is 134 Å². The highest BCUT2D eigenvalue weighted by atomic mass is 16.5. The van der Waals surface area contributed by atoms with E-state index in [2.05, 4.69) is 17.2 Å². The van der Waals surface area contributed by atoms with Crippen LogP contribution in [-0.2, 0) is 20.9 Å². The number of amides is 1. The van der Waals surface area contributed by atoms with E-state index < -0.39 is 5.97 Å². The normalized spacial score (nSPS) is 18.1. The lowest BCUT2D eigenvalue weighted by Gasteiger charge is -2.30. The van der Waals surface area contributed by atoms with E-state index in [4.69, 9.17) is 4.74 Å². The molecule has 1 aliphatic rings. The molecular formula is C16H20N4O3. The summed E-state index contributed by atoms with van der Waals surface area (Å²) < 4.78 is 6.57. The Hall–Kier alpha value is -2.44. The van der Waals surface area contributed by atoms with Crippen molar-refractivity contribution in [2.75, 3.05) is 19.7 Å². The molecule has 3 rings (SSSR count). The molecule has 23 heavy (non-hydrogen) atoms. The fourth-order valence-corrected chi connectivity index (χ4v) is 2.85. The molecule has 0 radical (unpaired) electrons. The van der Waals surface area contributed by atoms with Gasteiger partial charge in [0.1, 0.15) is 12.1 Å². The largest absolute Gasteiger partial charge is 0.454 e. The molecule has 1 aromatic carbocycles. The van der Waals surface area contributed by atoms with Gasteiger partial charge in [0.05, 0.1) is 5.52 Å². The summed E-state index contributed by atoms with van der Waals surface area (Å²) in [5.41, 5.74) is 1.49. The van der Waals surface area contributed by atoms with E-state index >= 15 is 0 Å². The molecule has 0 spiro atoms. The van der Waals surface area contributed by atoms with Gasteiger partial charge in [0, 0.05) is 13.1 Å². The Morgan fingerprint density at radius 3 is 3.00 bits per heavy atom. The van der Waals surface area contributed by atoms with Gasteiger partial charge in [-0.2, -0.15) is 0 Å². The molecule has 7 heteroatoms. The Morgan fingerprint density at radius 2 is 2.17 bits per heavy atom. The van der Waals surface area contributed by atoms with Crippen LogP contribution in [0, 0.1) is 5.92 Å². The molecule has 1 saturated heterocycles. The van der Waals surface area contributed by atoms with E-state index in [9.17, 15) is 9.59 Å². The zero-order valence-electron chi connectivity index (χ0n) is 13.1. The highest BCUT2D eigenvalue weighted by Crippen LogP contribution is 2.15. The number of ether oxygens (including phenoxy) is 1. The number of carbonyl (C=O) groups is 2. The Bertz CT molecular complexity index is 712. The second-order valence-corrected chi connectivity index (χ2v) is 5.98. The second-order valence-electron chi connectivity index (χ2n) is 5.98. The molecule has 0 aliphatic carbocycles. The van der Waals surface area contributed by atoms with Crippen molar-refractivity contribution in [3.8, 4) is 0 Å². The number of fused-ring (bicyclic) bond motifs is 1. The first-order chi connectivity index (χ1) is 11.1. The number of esters is 1. The first-order valence-corrected chi connectivity index (χ1v) is 7.85. The minimum Gasteiger partial charge on any atom is -0.454 e. The van der Waals surface area contributed by atoms with Crippen molar-refractivity contribution < 1.29 is 14.3 Å². The highest BCUT2D eigenvalue weighted by molar-refractivity contribution is 5.81. The number of hydrogen-bond donors (Lipinski definition) is 0. The molecule has 1 fully saturated rings. The van der Waals surface area contributed by atoms with Gasteiger partial charge in [-0.15, -0.1) is 5.10 Å². The topological polar surface area (TPSA) is 77.3 Å². The molecule has 1 amide bonds. The molecule has 1 atom stereocenters. The average Bonchev–Trinajstić information content (AvgIpc) is 2.96. The SMILES string of the molecule is CC1CCCN(C(=O)COC(=O)Cn2nnc3ccccc32)C1. The van der Waals surface area contributed by atoms with Gasteiger partial charge >= 0.3 is 5.97 Å². The van der Waals surface area contributed by atoms with Crippen molar-refractivity contribution in [1.82, 2.24) is 19.9 Å². The third-order valence-corrected chi connectivity index (χ3v) is 4.07. The lowest BCUT2D eigenvalue weighted by molar-refractivity contribution is -0.153. The molecule has 122 valence electrons.